The summed E-state index contributed by atoms with van der Waals surface area (Å²) in [5, 5.41) is 0. The number of benzene rings is 4. The molecule has 4 aromatic carbocycles. The van der Waals surface area contributed by atoms with E-state index in [1.165, 1.54) is 77.5 Å². The summed E-state index contributed by atoms with van der Waals surface area (Å²) in [6, 6.07) is 34.4. The summed E-state index contributed by atoms with van der Waals surface area (Å²) >= 11 is 1.46. The van der Waals surface area contributed by atoms with Crippen LogP contribution in [0.15, 0.2) is 109 Å². The Morgan fingerprint density at radius 2 is 1.27 bits per heavy atom. The molecule has 200 valence electrons. The normalized spacial score (nSPS) is 13.9. The molecule has 0 heterocycles. The molecule has 0 bridgehead atoms. The summed E-state index contributed by atoms with van der Waals surface area (Å²) in [4.78, 5) is 0. The van der Waals surface area contributed by atoms with Crippen LogP contribution >= 0.6 is 0 Å². The van der Waals surface area contributed by atoms with Crippen molar-refractivity contribution >= 4 is 3.21 Å². The third-order valence-corrected chi connectivity index (χ3v) is 9.22. The molecule has 0 saturated carbocycles. The number of rotatable bonds is 3. The van der Waals surface area contributed by atoms with Gasteiger partial charge in [0.15, 0.2) is 0 Å². The van der Waals surface area contributed by atoms with Crippen LogP contribution in [0.1, 0.15) is 86.4 Å². The van der Waals surface area contributed by atoms with Crippen molar-refractivity contribution in [2.24, 2.45) is 0 Å². The fourth-order valence-electron chi connectivity index (χ4n) is 5.54. The van der Waals surface area contributed by atoms with Crippen LogP contribution in [0.25, 0.3) is 11.1 Å². The molecular formula is C39H39Zr-. The van der Waals surface area contributed by atoms with E-state index < -0.39 is 0 Å². The molecule has 0 N–H and O–H groups in total. The third kappa shape index (κ3) is 6.21. The van der Waals surface area contributed by atoms with E-state index in [1.807, 2.05) is 0 Å². The average molecular weight is 599 g/mol. The van der Waals surface area contributed by atoms with Gasteiger partial charge in [-0.15, -0.1) is 16.7 Å². The van der Waals surface area contributed by atoms with E-state index in [0.29, 0.717) is 5.92 Å². The average Bonchev–Trinajstić information content (AvgIpc) is 3.60. The first-order valence-corrected chi connectivity index (χ1v) is 15.5. The van der Waals surface area contributed by atoms with Crippen molar-refractivity contribution in [3.63, 3.8) is 0 Å². The summed E-state index contributed by atoms with van der Waals surface area (Å²) in [7, 11) is 0. The van der Waals surface area contributed by atoms with Crippen LogP contribution in [0, 0.1) is 6.07 Å². The molecule has 0 aromatic heterocycles. The van der Waals surface area contributed by atoms with Gasteiger partial charge in [-0.1, -0.05) is 89.6 Å². The Morgan fingerprint density at radius 3 is 1.80 bits per heavy atom. The molecule has 4 aromatic rings. The van der Waals surface area contributed by atoms with Crippen molar-refractivity contribution in [3.05, 3.63) is 154 Å². The van der Waals surface area contributed by atoms with Gasteiger partial charge in [0, 0.05) is 0 Å². The Morgan fingerprint density at radius 1 is 0.700 bits per heavy atom. The first-order chi connectivity index (χ1) is 19.0. The van der Waals surface area contributed by atoms with Gasteiger partial charge in [0.1, 0.15) is 0 Å². The Kier molecular flexibility index (Phi) is 8.26. The first-order valence-electron chi connectivity index (χ1n) is 14.3. The van der Waals surface area contributed by atoms with Crippen LogP contribution in [-0.2, 0) is 41.5 Å². The van der Waals surface area contributed by atoms with Gasteiger partial charge in [-0.25, -0.2) is 0 Å². The molecular weight excluding hydrogens is 560 g/mol. The van der Waals surface area contributed by atoms with Crippen LogP contribution < -0.4 is 0 Å². The van der Waals surface area contributed by atoms with Crippen molar-refractivity contribution in [2.75, 3.05) is 0 Å². The number of hydrogen-bond donors (Lipinski definition) is 0. The van der Waals surface area contributed by atoms with E-state index in [-0.39, 0.29) is 10.8 Å². The van der Waals surface area contributed by atoms with E-state index >= 15 is 0 Å². The Balaban J connectivity index is 0.000000194. The Hall–Kier alpha value is -2.89. The number of hydrogen-bond acceptors (Lipinski definition) is 0. The maximum absolute atomic E-state index is 3.85. The van der Waals surface area contributed by atoms with E-state index in [9.17, 15) is 0 Å². The zero-order chi connectivity index (χ0) is 28.5. The number of allylic oxidation sites excluding steroid dienone is 4. The van der Waals surface area contributed by atoms with Gasteiger partial charge in [0.25, 0.3) is 0 Å². The molecule has 0 atom stereocenters. The molecule has 0 amide bonds. The van der Waals surface area contributed by atoms with Crippen LogP contribution in [0.5, 0.6) is 0 Å². The molecule has 0 aliphatic heterocycles. The molecule has 40 heavy (non-hydrogen) atoms. The van der Waals surface area contributed by atoms with Crippen LogP contribution in [0.4, 0.5) is 0 Å². The summed E-state index contributed by atoms with van der Waals surface area (Å²) in [5.74, 6) is 0.378. The predicted octanol–water partition coefficient (Wildman–Crippen LogP) is 9.66. The summed E-state index contributed by atoms with van der Waals surface area (Å²) in [6.07, 6.45) is 9.92. The zero-order valence-electron chi connectivity index (χ0n) is 24.7. The van der Waals surface area contributed by atoms with Gasteiger partial charge in [0.2, 0.25) is 0 Å². The van der Waals surface area contributed by atoms with Gasteiger partial charge in [0.05, 0.1) is 0 Å². The molecule has 0 unspecified atom stereocenters. The molecule has 6 rings (SSSR count). The maximum atomic E-state index is 3.85. The summed E-state index contributed by atoms with van der Waals surface area (Å²) in [5.41, 5.74) is 12.7. The second kappa shape index (κ2) is 11.5. The Bertz CT molecular complexity index is 1520. The van der Waals surface area contributed by atoms with Gasteiger partial charge >= 0.3 is 99.2 Å². The van der Waals surface area contributed by atoms with Crippen molar-refractivity contribution in [3.8, 4) is 11.1 Å². The predicted molar refractivity (Wildman–Crippen MR) is 168 cm³/mol. The molecule has 0 fully saturated rings. The zero-order valence-corrected chi connectivity index (χ0v) is 27.1. The minimum atomic E-state index is 0.0972. The summed E-state index contributed by atoms with van der Waals surface area (Å²) in [6.45, 7) is 13.8. The third-order valence-electron chi connectivity index (χ3n) is 7.80. The second-order valence-electron chi connectivity index (χ2n) is 12.9. The topological polar surface area (TPSA) is 0 Å². The van der Waals surface area contributed by atoms with Crippen LogP contribution in [0.3, 0.4) is 0 Å². The summed E-state index contributed by atoms with van der Waals surface area (Å²) < 4.78 is 1.42. The minimum absolute atomic E-state index is 0.0972. The first kappa shape index (κ1) is 28.6. The molecule has 0 spiro atoms. The van der Waals surface area contributed by atoms with Crippen molar-refractivity contribution in [2.45, 2.75) is 64.7 Å². The quantitative estimate of drug-likeness (QED) is 0.181. The van der Waals surface area contributed by atoms with Crippen molar-refractivity contribution in [1.82, 2.24) is 0 Å². The van der Waals surface area contributed by atoms with Gasteiger partial charge < -0.3 is 0 Å². The van der Waals surface area contributed by atoms with Crippen LogP contribution in [0.2, 0.25) is 0 Å². The van der Waals surface area contributed by atoms with Crippen molar-refractivity contribution < 1.29 is 24.2 Å². The fourth-order valence-corrected chi connectivity index (χ4v) is 6.36. The molecule has 0 radical (unpaired) electrons. The van der Waals surface area contributed by atoms with Gasteiger partial charge in [-0.3, -0.25) is 0 Å². The van der Waals surface area contributed by atoms with E-state index in [0.717, 1.165) is 6.42 Å². The molecule has 2 aliphatic rings. The van der Waals surface area contributed by atoms with Crippen LogP contribution in [-0.4, -0.2) is 3.21 Å². The molecule has 0 nitrogen and oxygen atoms in total. The SMILES string of the molecule is CC(C)(C)c1ccc2c(c1)Cc1[c-]c(C(C)(C)C)c(C3C=CC=C3)cc1-2.[Zr]=[C](c1ccccc1)c1ccccc1. The second-order valence-corrected chi connectivity index (χ2v) is 14.2. The number of fused-ring (bicyclic) bond motifs is 3. The standard InChI is InChI=1S/C26H29.C13H10.Zr/c1-25(2,3)20-11-12-21-18(14-20)13-19-15-24(26(4,5)6)23(16-22(19)21)17-9-7-8-10-17;1-3-7-12(8-4-1)11-13-9-5-2-6-10-13;/h7-12,14,16-17H,13H2,1-6H3;1-10H;/q-1;;. The fraction of sp³-hybridized carbons (Fsp3) is 0.256. The Labute approximate surface area is 256 Å². The monoisotopic (exact) mass is 597 g/mol. The van der Waals surface area contributed by atoms with Gasteiger partial charge in [-0.2, -0.15) is 17.7 Å². The van der Waals surface area contributed by atoms with Gasteiger partial charge in [-0.05, 0) is 34.3 Å². The molecule has 2 aliphatic carbocycles. The van der Waals surface area contributed by atoms with E-state index in [2.05, 4.69) is 157 Å². The molecule has 0 saturated heterocycles. The van der Waals surface area contributed by atoms with Crippen molar-refractivity contribution in [1.29, 1.82) is 0 Å². The van der Waals surface area contributed by atoms with E-state index in [4.69, 9.17) is 0 Å². The molecule has 1 heteroatoms. The van der Waals surface area contributed by atoms with E-state index in [1.54, 1.807) is 0 Å².